The van der Waals surface area contributed by atoms with Crippen LogP contribution in [0.25, 0.3) is 0 Å². The lowest BCUT2D eigenvalue weighted by Crippen LogP contribution is -2.50. The van der Waals surface area contributed by atoms with E-state index in [9.17, 15) is 4.79 Å². The Bertz CT molecular complexity index is 692. The summed E-state index contributed by atoms with van der Waals surface area (Å²) in [6.45, 7) is 2.92. The Morgan fingerprint density at radius 1 is 1.13 bits per heavy atom. The molecule has 168 valence electrons. The zero-order chi connectivity index (χ0) is 21.9. The van der Waals surface area contributed by atoms with Crippen molar-refractivity contribution in [2.75, 3.05) is 61.6 Å². The number of benzene rings is 1. The highest BCUT2D eigenvalue weighted by atomic mass is 16.5. The monoisotopic (exact) mass is 421 g/mol. The number of carbonyl (C=O) groups excluding carboxylic acids is 1. The van der Waals surface area contributed by atoms with E-state index in [1.165, 1.54) is 0 Å². The van der Waals surface area contributed by atoms with Crippen LogP contribution >= 0.6 is 0 Å². The molecule has 1 aliphatic heterocycles. The Morgan fingerprint density at radius 3 is 2.27 bits per heavy atom. The van der Waals surface area contributed by atoms with Gasteiger partial charge in [0.2, 0.25) is 5.91 Å². The zero-order valence-corrected chi connectivity index (χ0v) is 18.7. The van der Waals surface area contributed by atoms with Crippen molar-refractivity contribution in [3.8, 4) is 17.2 Å². The van der Waals surface area contributed by atoms with E-state index >= 15 is 0 Å². The van der Waals surface area contributed by atoms with E-state index < -0.39 is 0 Å². The largest absolute Gasteiger partial charge is 0.496 e. The predicted octanol–water partition coefficient (Wildman–Crippen LogP) is 0.630. The second-order valence-corrected chi connectivity index (χ2v) is 7.13. The average molecular weight is 422 g/mol. The molecule has 1 saturated heterocycles. The van der Waals surface area contributed by atoms with Gasteiger partial charge < -0.3 is 30.2 Å². The number of likely N-dealkylation sites (N-methyl/N-ethyl adjacent to an activating group) is 1. The molecule has 9 nitrogen and oxygen atoms in total. The van der Waals surface area contributed by atoms with Crippen molar-refractivity contribution < 1.29 is 19.0 Å². The summed E-state index contributed by atoms with van der Waals surface area (Å²) >= 11 is 0. The summed E-state index contributed by atoms with van der Waals surface area (Å²) in [5.41, 5.74) is 0.978. The number of hydrogen-bond acceptors (Lipinski definition) is 6. The molecule has 0 bridgehead atoms. The zero-order valence-electron chi connectivity index (χ0n) is 18.7. The maximum Gasteiger partial charge on any atom is 0.233 e. The molecule has 0 aliphatic carbocycles. The van der Waals surface area contributed by atoms with Gasteiger partial charge in [-0.25, -0.2) is 0 Å². The summed E-state index contributed by atoms with van der Waals surface area (Å²) in [5.74, 6) is 2.99. The minimum absolute atomic E-state index is 0.0586. The number of ether oxygens (including phenoxy) is 3. The van der Waals surface area contributed by atoms with Crippen LogP contribution < -0.4 is 30.2 Å². The first-order valence-electron chi connectivity index (χ1n) is 10.2. The van der Waals surface area contributed by atoms with Crippen LogP contribution in [0.2, 0.25) is 0 Å². The number of rotatable bonds is 9. The summed E-state index contributed by atoms with van der Waals surface area (Å²) in [4.78, 5) is 18.0. The van der Waals surface area contributed by atoms with Crippen molar-refractivity contribution in [3.63, 3.8) is 0 Å². The summed E-state index contributed by atoms with van der Waals surface area (Å²) < 4.78 is 16.3. The van der Waals surface area contributed by atoms with Gasteiger partial charge >= 0.3 is 0 Å². The summed E-state index contributed by atoms with van der Waals surface area (Å²) in [5, 5.41) is 9.53. The van der Waals surface area contributed by atoms with E-state index in [1.807, 2.05) is 12.1 Å². The number of aliphatic imine (C=N–C) groups is 1. The molecule has 0 aromatic heterocycles. The van der Waals surface area contributed by atoms with Crippen LogP contribution in [0.1, 0.15) is 18.4 Å². The number of hydrogen-bond donors (Lipinski definition) is 3. The molecule has 2 rings (SSSR count). The lowest BCUT2D eigenvalue weighted by Gasteiger charge is -2.32. The van der Waals surface area contributed by atoms with Gasteiger partial charge in [0, 0.05) is 57.5 Å². The average Bonchev–Trinajstić information content (AvgIpc) is 2.79. The lowest BCUT2D eigenvalue weighted by atomic mass is 10.1. The Morgan fingerprint density at radius 2 is 1.77 bits per heavy atom. The Balaban J connectivity index is 1.85. The van der Waals surface area contributed by atoms with Gasteiger partial charge in [-0.3, -0.25) is 14.7 Å². The van der Waals surface area contributed by atoms with Crippen molar-refractivity contribution in [2.24, 2.45) is 4.99 Å². The summed E-state index contributed by atoms with van der Waals surface area (Å²) in [6.07, 6.45) is 2.65. The third kappa shape index (κ3) is 6.69. The quantitative estimate of drug-likeness (QED) is 0.398. The third-order valence-corrected chi connectivity index (χ3v) is 5.28. The van der Waals surface area contributed by atoms with Gasteiger partial charge in [-0.2, -0.15) is 0 Å². The molecule has 1 aromatic rings. The molecule has 0 unspecified atom stereocenters. The van der Waals surface area contributed by atoms with Gasteiger partial charge in [-0.1, -0.05) is 0 Å². The van der Waals surface area contributed by atoms with E-state index in [0.29, 0.717) is 31.3 Å². The minimum atomic E-state index is 0.0586. The number of nitrogens with zero attached hydrogens (tertiary/aromatic N) is 2. The van der Waals surface area contributed by atoms with Gasteiger partial charge in [0.25, 0.3) is 0 Å². The summed E-state index contributed by atoms with van der Waals surface area (Å²) in [6, 6.07) is 4.05. The SMILES string of the molecule is CN=C(NCCc1c(OC)cc(OC)cc1OC)NC1CCN(CC(=O)NC)CC1. The van der Waals surface area contributed by atoms with Crippen LogP contribution in [0.3, 0.4) is 0 Å². The fourth-order valence-electron chi connectivity index (χ4n) is 3.54. The molecule has 0 atom stereocenters. The van der Waals surface area contributed by atoms with Crippen molar-refractivity contribution in [1.82, 2.24) is 20.9 Å². The molecule has 1 heterocycles. The van der Waals surface area contributed by atoms with Crippen molar-refractivity contribution in [1.29, 1.82) is 0 Å². The molecule has 0 radical (unpaired) electrons. The number of piperidine rings is 1. The normalized spacial score (nSPS) is 15.4. The van der Waals surface area contributed by atoms with Crippen molar-refractivity contribution in [3.05, 3.63) is 17.7 Å². The number of methoxy groups -OCH3 is 3. The minimum Gasteiger partial charge on any atom is -0.496 e. The number of carbonyl (C=O) groups is 1. The van der Waals surface area contributed by atoms with Crippen LogP contribution in [0.4, 0.5) is 0 Å². The highest BCUT2D eigenvalue weighted by molar-refractivity contribution is 5.80. The fourth-order valence-corrected chi connectivity index (χ4v) is 3.54. The first-order chi connectivity index (χ1) is 14.5. The highest BCUT2D eigenvalue weighted by Gasteiger charge is 2.21. The molecule has 1 aliphatic rings. The number of likely N-dealkylation sites (tertiary alicyclic amines) is 1. The fraction of sp³-hybridized carbons (Fsp3) is 0.619. The molecule has 0 spiro atoms. The number of guanidine groups is 1. The molecule has 3 N–H and O–H groups in total. The van der Waals surface area contributed by atoms with E-state index in [0.717, 1.165) is 49.0 Å². The Labute approximate surface area is 179 Å². The van der Waals surface area contributed by atoms with Crippen LogP contribution in [0, 0.1) is 0 Å². The van der Waals surface area contributed by atoms with Gasteiger partial charge in [0.1, 0.15) is 17.2 Å². The molecule has 1 amide bonds. The van der Waals surface area contributed by atoms with Gasteiger partial charge in [-0.15, -0.1) is 0 Å². The first-order valence-corrected chi connectivity index (χ1v) is 10.2. The van der Waals surface area contributed by atoms with Gasteiger partial charge in [-0.05, 0) is 19.3 Å². The molecule has 0 saturated carbocycles. The van der Waals surface area contributed by atoms with Crippen LogP contribution in [-0.4, -0.2) is 84.4 Å². The van der Waals surface area contributed by atoms with E-state index in [-0.39, 0.29) is 5.91 Å². The van der Waals surface area contributed by atoms with Gasteiger partial charge in [0.15, 0.2) is 5.96 Å². The summed E-state index contributed by atoms with van der Waals surface area (Å²) in [7, 11) is 8.34. The number of nitrogens with one attached hydrogen (secondary N) is 3. The topological polar surface area (TPSA) is 96.5 Å². The first kappa shape index (κ1) is 23.6. The Kier molecular flexibility index (Phi) is 9.53. The smallest absolute Gasteiger partial charge is 0.233 e. The maximum absolute atomic E-state index is 11.5. The van der Waals surface area contributed by atoms with Gasteiger partial charge in [0.05, 0.1) is 27.9 Å². The molecule has 30 heavy (non-hydrogen) atoms. The van der Waals surface area contributed by atoms with E-state index in [1.54, 1.807) is 35.4 Å². The maximum atomic E-state index is 11.5. The molecular weight excluding hydrogens is 386 g/mol. The molecule has 1 fully saturated rings. The van der Waals surface area contributed by atoms with Crippen molar-refractivity contribution >= 4 is 11.9 Å². The second-order valence-electron chi connectivity index (χ2n) is 7.13. The van der Waals surface area contributed by atoms with Crippen LogP contribution in [-0.2, 0) is 11.2 Å². The second kappa shape index (κ2) is 12.1. The van der Waals surface area contributed by atoms with Crippen LogP contribution in [0.5, 0.6) is 17.2 Å². The lowest BCUT2D eigenvalue weighted by molar-refractivity contribution is -0.122. The number of amides is 1. The highest BCUT2D eigenvalue weighted by Crippen LogP contribution is 2.34. The predicted molar refractivity (Wildman–Crippen MR) is 118 cm³/mol. The molecule has 9 heteroatoms. The van der Waals surface area contributed by atoms with Crippen LogP contribution in [0.15, 0.2) is 17.1 Å². The third-order valence-electron chi connectivity index (χ3n) is 5.28. The standard InChI is InChI=1S/C21H35N5O4/c1-22-20(27)14-26-10-7-15(8-11-26)25-21(23-2)24-9-6-17-18(29-4)12-16(28-3)13-19(17)30-5/h12-13,15H,6-11,14H2,1-5H3,(H,22,27)(H2,23,24,25). The Hall–Kier alpha value is -2.68. The van der Waals surface area contributed by atoms with E-state index in [2.05, 4.69) is 25.8 Å². The van der Waals surface area contributed by atoms with Crippen molar-refractivity contribution in [2.45, 2.75) is 25.3 Å². The van der Waals surface area contributed by atoms with E-state index in [4.69, 9.17) is 14.2 Å². The molecular formula is C21H35N5O4. The molecule has 1 aromatic carbocycles.